The van der Waals surface area contributed by atoms with E-state index in [1.807, 2.05) is 48.5 Å². The molecule has 154 valence electrons. The number of aliphatic imine (C=N–C) groups is 1. The number of benzene rings is 2. The first-order valence-corrected chi connectivity index (χ1v) is 10.2. The van der Waals surface area contributed by atoms with Crippen molar-refractivity contribution in [3.63, 3.8) is 0 Å². The standard InChI is InChI=1S/C22H21N3O4S/c1-24-20(26)19(21(27)25(2)22(24)28)16-12-18(13-8-10-14(29-3)11-9-13)30-17-7-5-4-6-15(17)23-16/h4-11,18,26H,12H2,1-3H3/t18-/m1/s1. The highest BCUT2D eigenvalue weighted by atomic mass is 32.2. The van der Waals surface area contributed by atoms with Gasteiger partial charge in [-0.15, -0.1) is 11.8 Å². The number of rotatable bonds is 3. The maximum Gasteiger partial charge on any atom is 0.333 e. The third kappa shape index (κ3) is 3.43. The van der Waals surface area contributed by atoms with Crippen molar-refractivity contribution in [1.82, 2.24) is 9.13 Å². The maximum atomic E-state index is 12.9. The first-order chi connectivity index (χ1) is 14.4. The maximum absolute atomic E-state index is 12.9. The van der Waals surface area contributed by atoms with Crippen LogP contribution in [0.2, 0.25) is 0 Å². The fraction of sp³-hybridized carbons (Fsp3) is 0.227. The highest BCUT2D eigenvalue weighted by Crippen LogP contribution is 2.45. The molecule has 2 aromatic carbocycles. The Morgan fingerprint density at radius 2 is 1.77 bits per heavy atom. The van der Waals surface area contributed by atoms with Crippen LogP contribution in [0.4, 0.5) is 5.69 Å². The van der Waals surface area contributed by atoms with Crippen molar-refractivity contribution in [1.29, 1.82) is 0 Å². The molecule has 0 radical (unpaired) electrons. The first-order valence-electron chi connectivity index (χ1n) is 9.37. The number of aromatic hydroxyl groups is 1. The zero-order valence-corrected chi connectivity index (χ0v) is 17.6. The van der Waals surface area contributed by atoms with Gasteiger partial charge in [-0.1, -0.05) is 24.3 Å². The van der Waals surface area contributed by atoms with Gasteiger partial charge in [0, 0.05) is 30.7 Å². The second-order valence-electron chi connectivity index (χ2n) is 7.01. The van der Waals surface area contributed by atoms with Crippen molar-refractivity contribution in [2.45, 2.75) is 16.6 Å². The van der Waals surface area contributed by atoms with Gasteiger partial charge in [0.2, 0.25) is 5.88 Å². The lowest BCUT2D eigenvalue weighted by atomic mass is 10.0. The number of para-hydroxylation sites is 1. The number of nitrogens with zero attached hydrogens (tertiary/aromatic N) is 3. The molecule has 0 unspecified atom stereocenters. The smallest absolute Gasteiger partial charge is 0.333 e. The molecule has 0 aliphatic carbocycles. The minimum atomic E-state index is -0.586. The molecule has 0 spiro atoms. The Hall–Kier alpha value is -3.26. The number of hydrogen-bond acceptors (Lipinski definition) is 6. The molecule has 1 aliphatic heterocycles. The van der Waals surface area contributed by atoms with Crippen molar-refractivity contribution in [3.8, 4) is 11.6 Å². The molecule has 1 aliphatic rings. The summed E-state index contributed by atoms with van der Waals surface area (Å²) in [5, 5.41) is 10.6. The summed E-state index contributed by atoms with van der Waals surface area (Å²) in [7, 11) is 4.45. The summed E-state index contributed by atoms with van der Waals surface area (Å²) in [5.74, 6) is 0.385. The summed E-state index contributed by atoms with van der Waals surface area (Å²) in [5.41, 5.74) is 1.12. The zero-order valence-electron chi connectivity index (χ0n) is 16.8. The molecule has 0 bridgehead atoms. The Bertz CT molecular complexity index is 1260. The SMILES string of the molecule is COc1ccc([C@H]2CC(c3c(O)n(C)c(=O)n(C)c3=O)=Nc3ccccc3S2)cc1. The van der Waals surface area contributed by atoms with Crippen LogP contribution in [0.15, 0.2) is 68.0 Å². The van der Waals surface area contributed by atoms with E-state index in [1.165, 1.54) is 14.1 Å². The first kappa shape index (κ1) is 20.0. The lowest BCUT2D eigenvalue weighted by Crippen LogP contribution is -2.40. The van der Waals surface area contributed by atoms with Gasteiger partial charge < -0.3 is 9.84 Å². The molecule has 3 aromatic rings. The second-order valence-corrected chi connectivity index (χ2v) is 8.26. The van der Waals surface area contributed by atoms with E-state index in [4.69, 9.17) is 9.73 Å². The van der Waals surface area contributed by atoms with E-state index in [0.717, 1.165) is 31.0 Å². The minimum Gasteiger partial charge on any atom is -0.497 e. The monoisotopic (exact) mass is 423 g/mol. The molecule has 0 saturated heterocycles. The molecule has 2 heterocycles. The van der Waals surface area contributed by atoms with Crippen LogP contribution in [0.3, 0.4) is 0 Å². The van der Waals surface area contributed by atoms with Crippen LogP contribution in [0, 0.1) is 0 Å². The van der Waals surface area contributed by atoms with E-state index in [1.54, 1.807) is 18.9 Å². The summed E-state index contributed by atoms with van der Waals surface area (Å²) in [4.78, 5) is 30.8. The van der Waals surface area contributed by atoms with E-state index >= 15 is 0 Å². The lowest BCUT2D eigenvalue weighted by Gasteiger charge is -2.17. The largest absolute Gasteiger partial charge is 0.497 e. The van der Waals surface area contributed by atoms with Crippen molar-refractivity contribution in [2.24, 2.45) is 19.1 Å². The topological polar surface area (TPSA) is 85.8 Å². The van der Waals surface area contributed by atoms with Gasteiger partial charge in [0.25, 0.3) is 5.56 Å². The number of aromatic nitrogens is 2. The fourth-order valence-corrected chi connectivity index (χ4v) is 4.69. The van der Waals surface area contributed by atoms with E-state index in [0.29, 0.717) is 12.1 Å². The number of methoxy groups -OCH3 is 1. The average Bonchev–Trinajstić information content (AvgIpc) is 2.96. The number of ether oxygens (including phenoxy) is 1. The van der Waals surface area contributed by atoms with E-state index in [9.17, 15) is 14.7 Å². The molecular formula is C22H21N3O4S. The van der Waals surface area contributed by atoms with Gasteiger partial charge in [-0.05, 0) is 29.8 Å². The molecule has 1 N–H and O–H groups in total. The Morgan fingerprint density at radius 3 is 2.47 bits per heavy atom. The second kappa shape index (κ2) is 7.87. The molecular weight excluding hydrogens is 402 g/mol. The summed E-state index contributed by atoms with van der Waals surface area (Å²) < 4.78 is 7.31. The van der Waals surface area contributed by atoms with E-state index in [-0.39, 0.29) is 16.7 Å². The van der Waals surface area contributed by atoms with Crippen LogP contribution in [-0.4, -0.2) is 27.1 Å². The molecule has 1 aromatic heterocycles. The zero-order chi connectivity index (χ0) is 21.4. The third-order valence-corrected chi connectivity index (χ3v) is 6.50. The average molecular weight is 423 g/mol. The third-order valence-electron chi connectivity index (χ3n) is 5.18. The summed E-state index contributed by atoms with van der Waals surface area (Å²) >= 11 is 1.65. The highest BCUT2D eigenvalue weighted by molar-refractivity contribution is 7.99. The van der Waals surface area contributed by atoms with Gasteiger partial charge in [-0.2, -0.15) is 0 Å². The van der Waals surface area contributed by atoms with E-state index < -0.39 is 11.2 Å². The summed E-state index contributed by atoms with van der Waals surface area (Å²) in [6, 6.07) is 15.5. The van der Waals surface area contributed by atoms with Gasteiger partial charge >= 0.3 is 5.69 Å². The van der Waals surface area contributed by atoms with Crippen LogP contribution >= 0.6 is 11.8 Å². The molecule has 30 heavy (non-hydrogen) atoms. The molecule has 7 nitrogen and oxygen atoms in total. The Balaban J connectivity index is 1.90. The van der Waals surface area contributed by atoms with Crippen molar-refractivity contribution in [3.05, 3.63) is 80.5 Å². The highest BCUT2D eigenvalue weighted by Gasteiger charge is 2.27. The van der Waals surface area contributed by atoms with Crippen LogP contribution in [0.25, 0.3) is 0 Å². The molecule has 0 saturated carbocycles. The van der Waals surface area contributed by atoms with Crippen LogP contribution in [0.1, 0.15) is 22.8 Å². The van der Waals surface area contributed by atoms with Crippen molar-refractivity contribution < 1.29 is 9.84 Å². The molecule has 0 amide bonds. The van der Waals surface area contributed by atoms with Crippen LogP contribution in [-0.2, 0) is 14.1 Å². The van der Waals surface area contributed by atoms with Gasteiger partial charge in [-0.3, -0.25) is 18.9 Å². The normalized spacial score (nSPS) is 15.8. The lowest BCUT2D eigenvalue weighted by molar-refractivity contribution is 0.410. The van der Waals surface area contributed by atoms with Gasteiger partial charge in [0.1, 0.15) is 11.3 Å². The van der Waals surface area contributed by atoms with Gasteiger partial charge in [0.05, 0.1) is 18.5 Å². The Labute approximate surface area is 177 Å². The molecule has 8 heteroatoms. The number of fused-ring (bicyclic) bond motifs is 1. The molecule has 1 atom stereocenters. The quantitative estimate of drug-likeness (QED) is 0.699. The van der Waals surface area contributed by atoms with E-state index in [2.05, 4.69) is 0 Å². The van der Waals surface area contributed by atoms with Crippen molar-refractivity contribution >= 4 is 23.2 Å². The number of thioether (sulfide) groups is 1. The fourth-order valence-electron chi connectivity index (χ4n) is 3.46. The predicted octanol–water partition coefficient (Wildman–Crippen LogP) is 3.16. The van der Waals surface area contributed by atoms with Crippen LogP contribution < -0.4 is 16.0 Å². The van der Waals surface area contributed by atoms with Crippen LogP contribution in [0.5, 0.6) is 11.6 Å². The Kier molecular flexibility index (Phi) is 5.26. The summed E-state index contributed by atoms with van der Waals surface area (Å²) in [6.45, 7) is 0. The minimum absolute atomic E-state index is 0.0420. The number of hydrogen-bond donors (Lipinski definition) is 1. The summed E-state index contributed by atoms with van der Waals surface area (Å²) in [6.07, 6.45) is 0.409. The molecule has 4 rings (SSSR count). The van der Waals surface area contributed by atoms with Gasteiger partial charge in [0.15, 0.2) is 0 Å². The Morgan fingerprint density at radius 1 is 1.07 bits per heavy atom. The predicted molar refractivity (Wildman–Crippen MR) is 117 cm³/mol. The molecule has 0 fully saturated rings. The van der Waals surface area contributed by atoms with Gasteiger partial charge in [-0.25, -0.2) is 4.79 Å². The van der Waals surface area contributed by atoms with Crippen molar-refractivity contribution in [2.75, 3.05) is 7.11 Å².